The quantitative estimate of drug-likeness (QED) is 0.646. The van der Waals surface area contributed by atoms with Crippen molar-refractivity contribution in [2.45, 2.75) is 48.0 Å². The summed E-state index contributed by atoms with van der Waals surface area (Å²) in [4.78, 5) is 20.4. The van der Waals surface area contributed by atoms with Crippen molar-refractivity contribution in [3.8, 4) is 5.82 Å². The number of hydrogen-bond donors (Lipinski definition) is 3. The van der Waals surface area contributed by atoms with E-state index in [9.17, 15) is 9.59 Å². The van der Waals surface area contributed by atoms with Gasteiger partial charge in [-0.1, -0.05) is 7.43 Å². The summed E-state index contributed by atoms with van der Waals surface area (Å²) in [6.07, 6.45) is 4.16. The molecule has 0 spiro atoms. The van der Waals surface area contributed by atoms with Gasteiger partial charge in [0.15, 0.2) is 0 Å². The van der Waals surface area contributed by atoms with E-state index >= 15 is 0 Å². The minimum Gasteiger partial charge on any atom is -0.384 e. The molecule has 8 nitrogen and oxygen atoms in total. The van der Waals surface area contributed by atoms with E-state index in [0.717, 1.165) is 5.82 Å². The molecule has 148 valence electrons. The smallest absolute Gasteiger partial charge is 0.132 e. The summed E-state index contributed by atoms with van der Waals surface area (Å²) in [6, 6.07) is 7.84. The van der Waals surface area contributed by atoms with Crippen LogP contribution in [0.5, 0.6) is 0 Å². The molecule has 3 rings (SSSR count). The fourth-order valence-corrected chi connectivity index (χ4v) is 2.04. The Bertz CT molecular complexity index is 755. The Morgan fingerprint density at radius 2 is 1.41 bits per heavy atom. The van der Waals surface area contributed by atoms with E-state index < -0.39 is 0 Å². The lowest BCUT2D eigenvalue weighted by molar-refractivity contribution is -0.122. The highest BCUT2D eigenvalue weighted by atomic mass is 16.1. The second-order valence-corrected chi connectivity index (χ2v) is 5.81. The molecule has 0 aliphatic carbocycles. The third kappa shape index (κ3) is 9.20. The zero-order chi connectivity index (χ0) is 19.5. The monoisotopic (exact) mass is 374 g/mol. The number of anilines is 1. The van der Waals surface area contributed by atoms with Gasteiger partial charge < -0.3 is 19.9 Å². The normalized spacial score (nSPS) is 9.19. The van der Waals surface area contributed by atoms with Gasteiger partial charge >= 0.3 is 0 Å². The van der Waals surface area contributed by atoms with Gasteiger partial charge in [0.1, 0.15) is 23.2 Å². The lowest BCUT2D eigenvalue weighted by atomic mass is 10.2. The summed E-state index contributed by atoms with van der Waals surface area (Å²) >= 11 is 0. The van der Waals surface area contributed by atoms with E-state index in [-0.39, 0.29) is 19.0 Å². The molecule has 0 aliphatic heterocycles. The molecule has 0 saturated heterocycles. The largest absolute Gasteiger partial charge is 0.384 e. The molecule has 3 heterocycles. The first-order chi connectivity index (χ1) is 12.3. The first-order valence-electron chi connectivity index (χ1n) is 8.19. The van der Waals surface area contributed by atoms with Gasteiger partial charge in [0.05, 0.1) is 12.4 Å². The number of H-pyrrole nitrogens is 2. The van der Waals surface area contributed by atoms with Crippen LogP contribution in [0.2, 0.25) is 0 Å². The molecule has 0 fully saturated rings. The van der Waals surface area contributed by atoms with E-state index in [1.54, 1.807) is 18.5 Å². The van der Waals surface area contributed by atoms with Gasteiger partial charge in [0.2, 0.25) is 0 Å². The van der Waals surface area contributed by atoms with Gasteiger partial charge in [-0.2, -0.15) is 10.2 Å². The zero-order valence-electron chi connectivity index (χ0n) is 15.6. The number of aryl methyl sites for hydroxylation is 2. The van der Waals surface area contributed by atoms with Crippen molar-refractivity contribution < 1.29 is 9.59 Å². The van der Waals surface area contributed by atoms with Crippen LogP contribution in [0, 0.1) is 13.8 Å². The molecule has 0 aliphatic rings. The predicted molar refractivity (Wildman–Crippen MR) is 108 cm³/mol. The van der Waals surface area contributed by atoms with Gasteiger partial charge in [-0.15, -0.1) is 0 Å². The average molecular weight is 374 g/mol. The molecule has 0 aromatic carbocycles. The molecule has 3 aromatic rings. The van der Waals surface area contributed by atoms with Gasteiger partial charge in [0, 0.05) is 30.3 Å². The standard InChI is InChI=1S/C9H11N3.C6H10O2.C3H5N3.CH4/c1-7-3-4-8(2)12(7)9-5-6-10-11-9;1-5(7)3-4-6(2)8;4-3-1-2-5-6-3;/h3-6H,1-2H3,(H,10,11);3-4H2,1-2H3;1-2H,(H3,4,5,6);1H4. The number of ketones is 2. The molecule has 3 aromatic heterocycles. The molecule has 0 bridgehead atoms. The summed E-state index contributed by atoms with van der Waals surface area (Å²) in [5.41, 5.74) is 7.60. The van der Waals surface area contributed by atoms with Crippen LogP contribution >= 0.6 is 0 Å². The minimum atomic E-state index is 0. The van der Waals surface area contributed by atoms with Crippen LogP contribution in [0.3, 0.4) is 0 Å². The summed E-state index contributed by atoms with van der Waals surface area (Å²) in [5.74, 6) is 1.80. The summed E-state index contributed by atoms with van der Waals surface area (Å²) in [6.45, 7) is 7.13. The van der Waals surface area contributed by atoms with E-state index in [1.807, 2.05) is 6.07 Å². The Morgan fingerprint density at radius 1 is 0.926 bits per heavy atom. The maximum Gasteiger partial charge on any atom is 0.132 e. The summed E-state index contributed by atoms with van der Waals surface area (Å²) in [5, 5.41) is 12.9. The highest BCUT2D eigenvalue weighted by Crippen LogP contribution is 2.12. The lowest BCUT2D eigenvalue weighted by Gasteiger charge is -2.04. The van der Waals surface area contributed by atoms with Crippen LogP contribution in [0.1, 0.15) is 45.5 Å². The van der Waals surface area contributed by atoms with Crippen molar-refractivity contribution in [1.29, 1.82) is 0 Å². The van der Waals surface area contributed by atoms with E-state index in [1.165, 1.54) is 25.2 Å². The number of aromatic amines is 2. The number of carbonyl (C=O) groups is 2. The third-order valence-corrected chi connectivity index (χ3v) is 3.35. The Hall–Kier alpha value is -3.16. The van der Waals surface area contributed by atoms with E-state index in [2.05, 4.69) is 50.9 Å². The molecule has 4 N–H and O–H groups in total. The first-order valence-corrected chi connectivity index (χ1v) is 8.19. The van der Waals surface area contributed by atoms with Crippen molar-refractivity contribution in [3.05, 3.63) is 48.0 Å². The van der Waals surface area contributed by atoms with Crippen LogP contribution in [0.25, 0.3) is 5.82 Å². The second kappa shape index (κ2) is 12.2. The molecule has 0 amide bonds. The highest BCUT2D eigenvalue weighted by molar-refractivity contribution is 5.83. The zero-order valence-corrected chi connectivity index (χ0v) is 15.6. The van der Waals surface area contributed by atoms with Gasteiger partial charge in [-0.25, -0.2) is 0 Å². The molecule has 27 heavy (non-hydrogen) atoms. The van der Waals surface area contributed by atoms with Crippen molar-refractivity contribution in [3.63, 3.8) is 0 Å². The van der Waals surface area contributed by atoms with Crippen LogP contribution in [0.15, 0.2) is 36.7 Å². The maximum absolute atomic E-state index is 10.2. The molecule has 8 heteroatoms. The number of nitrogens with two attached hydrogens (primary N) is 1. The SMILES string of the molecule is C.CC(=O)CCC(C)=O.Cc1ccc(C)n1-c1ccn[nH]1.Nc1ccn[nH]1. The number of aromatic nitrogens is 5. The van der Waals surface area contributed by atoms with Gasteiger partial charge in [-0.05, 0) is 45.9 Å². The Kier molecular flexibility index (Phi) is 10.8. The number of rotatable bonds is 4. The molecule has 0 unspecified atom stereocenters. The fraction of sp³-hybridized carbons (Fsp3) is 0.368. The number of Topliss-reactive ketones (excluding diaryl/α,β-unsaturated/α-hetero) is 2. The number of nitrogens with one attached hydrogen (secondary N) is 2. The Morgan fingerprint density at radius 3 is 1.70 bits per heavy atom. The highest BCUT2D eigenvalue weighted by Gasteiger charge is 2.03. The molecular formula is C19H30N6O2. The number of carbonyl (C=O) groups excluding carboxylic acids is 2. The molecule has 0 atom stereocenters. The van der Waals surface area contributed by atoms with E-state index in [4.69, 9.17) is 5.73 Å². The van der Waals surface area contributed by atoms with Crippen LogP contribution in [-0.2, 0) is 9.59 Å². The van der Waals surface area contributed by atoms with E-state index in [0.29, 0.717) is 18.7 Å². The Labute approximate surface area is 160 Å². The lowest BCUT2D eigenvalue weighted by Crippen LogP contribution is -1.98. The van der Waals surface area contributed by atoms with Crippen molar-refractivity contribution >= 4 is 17.4 Å². The second-order valence-electron chi connectivity index (χ2n) is 5.81. The van der Waals surface area contributed by atoms with Gasteiger partial charge in [-0.3, -0.25) is 10.2 Å². The van der Waals surface area contributed by atoms with Crippen molar-refractivity contribution in [2.75, 3.05) is 5.73 Å². The van der Waals surface area contributed by atoms with Crippen molar-refractivity contribution in [2.24, 2.45) is 0 Å². The summed E-state index contributed by atoms with van der Waals surface area (Å²) in [7, 11) is 0. The average Bonchev–Trinajstić information content (AvgIpc) is 3.31. The maximum atomic E-state index is 10.2. The minimum absolute atomic E-state index is 0. The number of hydrogen-bond acceptors (Lipinski definition) is 5. The topological polar surface area (TPSA) is 122 Å². The van der Waals surface area contributed by atoms with Crippen LogP contribution in [0.4, 0.5) is 5.82 Å². The van der Waals surface area contributed by atoms with Crippen molar-refractivity contribution in [1.82, 2.24) is 25.0 Å². The first kappa shape index (κ1) is 23.8. The number of nitrogens with zero attached hydrogens (tertiary/aromatic N) is 3. The van der Waals surface area contributed by atoms with Crippen LogP contribution < -0.4 is 5.73 Å². The van der Waals surface area contributed by atoms with Gasteiger partial charge in [0.25, 0.3) is 0 Å². The number of nitrogen functional groups attached to an aromatic ring is 1. The third-order valence-electron chi connectivity index (χ3n) is 3.35. The van der Waals surface area contributed by atoms with Crippen LogP contribution in [-0.4, -0.2) is 36.5 Å². The molecule has 0 radical (unpaired) electrons. The Balaban J connectivity index is 0.000000395. The summed E-state index contributed by atoms with van der Waals surface area (Å²) < 4.78 is 2.13. The molecular weight excluding hydrogens is 344 g/mol. The predicted octanol–water partition coefficient (Wildman–Crippen LogP) is 3.39. The molecule has 0 saturated carbocycles. The fourth-order valence-electron chi connectivity index (χ4n) is 2.04.